The van der Waals surface area contributed by atoms with E-state index in [-0.39, 0.29) is 5.91 Å². The molecule has 4 nitrogen and oxygen atoms in total. The fourth-order valence-corrected chi connectivity index (χ4v) is 3.51. The summed E-state index contributed by atoms with van der Waals surface area (Å²) in [6, 6.07) is 5.98. The van der Waals surface area contributed by atoms with Gasteiger partial charge >= 0.3 is 0 Å². The number of hydrogen-bond acceptors (Lipinski definition) is 2. The molecule has 1 amide bonds. The largest absolute Gasteiger partial charge is 0.497 e. The van der Waals surface area contributed by atoms with Crippen LogP contribution in [0.3, 0.4) is 0 Å². The number of aryl methyl sites for hydroxylation is 1. The maximum atomic E-state index is 12.4. The Labute approximate surface area is 132 Å². The van der Waals surface area contributed by atoms with Gasteiger partial charge in [-0.2, -0.15) is 0 Å². The number of fused-ring (bicyclic) bond motifs is 1. The molecule has 0 saturated carbocycles. The van der Waals surface area contributed by atoms with Crippen molar-refractivity contribution in [2.24, 2.45) is 12.8 Å². The predicted octanol–water partition coefficient (Wildman–Crippen LogP) is 3.51. The lowest BCUT2D eigenvalue weighted by molar-refractivity contribution is -0.124. The highest BCUT2D eigenvalue weighted by Crippen LogP contribution is 2.40. The van der Waals surface area contributed by atoms with Crippen LogP contribution in [0.15, 0.2) is 24.4 Å². The van der Waals surface area contributed by atoms with E-state index < -0.39 is 5.41 Å². The molecule has 0 unspecified atom stereocenters. The highest BCUT2D eigenvalue weighted by molar-refractivity contribution is 5.95. The number of methoxy groups -OCH3 is 1. The topological polar surface area (TPSA) is 57.2 Å². The Kier molecular flexibility index (Phi) is 4.79. The van der Waals surface area contributed by atoms with Crippen molar-refractivity contribution in [3.63, 3.8) is 0 Å². The lowest BCUT2D eigenvalue weighted by Gasteiger charge is -2.30. The first-order chi connectivity index (χ1) is 10.5. The zero-order valence-corrected chi connectivity index (χ0v) is 14.0. The summed E-state index contributed by atoms with van der Waals surface area (Å²) in [6.07, 6.45) is 5.44. The molecule has 2 rings (SSSR count). The molecule has 1 aromatic heterocycles. The molecule has 0 saturated heterocycles. The van der Waals surface area contributed by atoms with Crippen LogP contribution < -0.4 is 10.5 Å². The molecule has 4 heteroatoms. The van der Waals surface area contributed by atoms with E-state index in [4.69, 9.17) is 10.5 Å². The van der Waals surface area contributed by atoms with Gasteiger partial charge in [0.25, 0.3) is 0 Å². The molecule has 0 spiro atoms. The number of primary amides is 1. The Balaban J connectivity index is 2.74. The molecular formula is C18H26N2O2. The van der Waals surface area contributed by atoms with Gasteiger partial charge in [0, 0.05) is 24.1 Å². The molecule has 0 fully saturated rings. The van der Waals surface area contributed by atoms with Crippen LogP contribution >= 0.6 is 0 Å². The van der Waals surface area contributed by atoms with Crippen molar-refractivity contribution in [2.45, 2.75) is 44.9 Å². The molecule has 2 N–H and O–H groups in total. The highest BCUT2D eigenvalue weighted by atomic mass is 16.5. The number of rotatable bonds is 7. The van der Waals surface area contributed by atoms with Crippen LogP contribution in [0, 0.1) is 0 Å². The second kappa shape index (κ2) is 6.42. The monoisotopic (exact) mass is 302 g/mol. The van der Waals surface area contributed by atoms with E-state index in [2.05, 4.69) is 24.6 Å². The molecule has 0 bridgehead atoms. The molecule has 2 aromatic rings. The van der Waals surface area contributed by atoms with Gasteiger partial charge in [-0.05, 0) is 36.6 Å². The molecule has 0 atom stereocenters. The van der Waals surface area contributed by atoms with E-state index in [0.717, 1.165) is 47.9 Å². The minimum atomic E-state index is -0.602. The SMILES string of the molecule is CCCC(CCC)(C(N)=O)c1cn(C)c2ccc(OC)cc12. The minimum Gasteiger partial charge on any atom is -0.497 e. The van der Waals surface area contributed by atoms with Crippen molar-refractivity contribution in [1.29, 1.82) is 0 Å². The maximum absolute atomic E-state index is 12.4. The fraction of sp³-hybridized carbons (Fsp3) is 0.500. The number of amides is 1. The second-order valence-electron chi connectivity index (χ2n) is 5.98. The summed E-state index contributed by atoms with van der Waals surface area (Å²) in [5.41, 5.74) is 7.38. The number of nitrogens with two attached hydrogens (primary N) is 1. The fourth-order valence-electron chi connectivity index (χ4n) is 3.51. The Bertz CT molecular complexity index is 667. The van der Waals surface area contributed by atoms with Crippen molar-refractivity contribution in [2.75, 3.05) is 7.11 Å². The molecule has 1 aromatic carbocycles. The van der Waals surface area contributed by atoms with Crippen molar-refractivity contribution in [1.82, 2.24) is 4.57 Å². The van der Waals surface area contributed by atoms with Gasteiger partial charge < -0.3 is 15.0 Å². The van der Waals surface area contributed by atoms with Crippen LogP contribution in [0.4, 0.5) is 0 Å². The van der Waals surface area contributed by atoms with Crippen molar-refractivity contribution in [3.8, 4) is 5.75 Å². The van der Waals surface area contributed by atoms with E-state index in [0.29, 0.717) is 0 Å². The van der Waals surface area contributed by atoms with Gasteiger partial charge in [0.05, 0.1) is 12.5 Å². The molecule has 0 aliphatic carbocycles. The average molecular weight is 302 g/mol. The first kappa shape index (κ1) is 16.4. The molecule has 1 heterocycles. The van der Waals surface area contributed by atoms with Gasteiger partial charge in [-0.15, -0.1) is 0 Å². The van der Waals surface area contributed by atoms with Gasteiger partial charge in [0.2, 0.25) is 5.91 Å². The number of hydrogen-bond donors (Lipinski definition) is 1. The third kappa shape index (κ3) is 2.58. The van der Waals surface area contributed by atoms with Crippen molar-refractivity contribution in [3.05, 3.63) is 30.0 Å². The summed E-state index contributed by atoms with van der Waals surface area (Å²) < 4.78 is 7.42. The number of carbonyl (C=O) groups excluding carboxylic acids is 1. The minimum absolute atomic E-state index is 0.230. The van der Waals surface area contributed by atoms with E-state index >= 15 is 0 Å². The van der Waals surface area contributed by atoms with Crippen molar-refractivity contribution < 1.29 is 9.53 Å². The Morgan fingerprint density at radius 3 is 2.41 bits per heavy atom. The van der Waals surface area contributed by atoms with E-state index in [1.807, 2.05) is 25.2 Å². The van der Waals surface area contributed by atoms with Crippen molar-refractivity contribution >= 4 is 16.8 Å². The van der Waals surface area contributed by atoms with Crippen LogP contribution in [0.5, 0.6) is 5.75 Å². The number of nitrogens with zero attached hydrogens (tertiary/aromatic N) is 1. The van der Waals surface area contributed by atoms with Crippen LogP contribution in [0.2, 0.25) is 0 Å². The first-order valence-electron chi connectivity index (χ1n) is 7.93. The summed E-state index contributed by atoms with van der Waals surface area (Å²) in [5.74, 6) is 0.567. The number of aromatic nitrogens is 1. The maximum Gasteiger partial charge on any atom is 0.228 e. The summed E-state index contributed by atoms with van der Waals surface area (Å²) >= 11 is 0. The van der Waals surface area contributed by atoms with Crippen LogP contribution in [-0.2, 0) is 17.3 Å². The Morgan fingerprint density at radius 2 is 1.91 bits per heavy atom. The van der Waals surface area contributed by atoms with Gasteiger partial charge in [-0.25, -0.2) is 0 Å². The molecule has 120 valence electrons. The lowest BCUT2D eigenvalue weighted by Crippen LogP contribution is -2.41. The zero-order chi connectivity index (χ0) is 16.3. The lowest BCUT2D eigenvalue weighted by atomic mass is 9.72. The third-order valence-corrected chi connectivity index (χ3v) is 4.54. The van der Waals surface area contributed by atoms with Crippen LogP contribution in [0.1, 0.15) is 45.1 Å². The van der Waals surface area contributed by atoms with Gasteiger partial charge in [-0.3, -0.25) is 4.79 Å². The molecule has 0 radical (unpaired) electrons. The number of ether oxygens (including phenoxy) is 1. The molecule has 0 aliphatic rings. The smallest absolute Gasteiger partial charge is 0.228 e. The third-order valence-electron chi connectivity index (χ3n) is 4.54. The molecular weight excluding hydrogens is 276 g/mol. The van der Waals surface area contributed by atoms with Gasteiger partial charge in [-0.1, -0.05) is 26.7 Å². The van der Waals surface area contributed by atoms with E-state index in [1.165, 1.54) is 0 Å². The van der Waals surface area contributed by atoms with Crippen LogP contribution in [0.25, 0.3) is 10.9 Å². The first-order valence-corrected chi connectivity index (χ1v) is 7.93. The predicted molar refractivity (Wildman–Crippen MR) is 90.2 cm³/mol. The Hall–Kier alpha value is -1.97. The van der Waals surface area contributed by atoms with E-state index in [1.54, 1.807) is 7.11 Å². The number of carbonyl (C=O) groups is 1. The quantitative estimate of drug-likeness (QED) is 0.851. The summed E-state index contributed by atoms with van der Waals surface area (Å²) in [6.45, 7) is 4.19. The number of benzene rings is 1. The second-order valence-corrected chi connectivity index (χ2v) is 5.98. The van der Waals surface area contributed by atoms with Gasteiger partial charge in [0.1, 0.15) is 5.75 Å². The average Bonchev–Trinajstić information content (AvgIpc) is 2.83. The normalized spacial score (nSPS) is 11.8. The van der Waals surface area contributed by atoms with E-state index in [9.17, 15) is 4.79 Å². The molecule has 22 heavy (non-hydrogen) atoms. The summed E-state index contributed by atoms with van der Waals surface area (Å²) in [7, 11) is 3.66. The Morgan fingerprint density at radius 1 is 1.27 bits per heavy atom. The molecule has 0 aliphatic heterocycles. The van der Waals surface area contributed by atoms with Gasteiger partial charge in [0.15, 0.2) is 0 Å². The zero-order valence-electron chi connectivity index (χ0n) is 14.0. The standard InChI is InChI=1S/C18H26N2O2/c1-5-9-18(10-6-2,17(19)21)15-12-20(3)16-8-7-13(22-4)11-14(15)16/h7-8,11-12H,5-6,9-10H2,1-4H3,(H2,19,21). The summed E-state index contributed by atoms with van der Waals surface area (Å²) in [4.78, 5) is 12.4. The summed E-state index contributed by atoms with van der Waals surface area (Å²) in [5, 5.41) is 1.06. The highest BCUT2D eigenvalue weighted by Gasteiger charge is 2.39. The van der Waals surface area contributed by atoms with Crippen LogP contribution in [-0.4, -0.2) is 17.6 Å².